The maximum Gasteiger partial charge on any atom is 0.255 e. The normalized spacial score (nSPS) is 10.1. The lowest BCUT2D eigenvalue weighted by atomic mass is 10.1. The van der Waals surface area contributed by atoms with Crippen molar-refractivity contribution in [2.24, 2.45) is 0 Å². The zero-order valence-corrected chi connectivity index (χ0v) is 9.16. The molecule has 0 unspecified atom stereocenters. The standard InChI is InChI=1S/C11H16N2O3/c1-12-5-2-6-13-11(16)9-7-8(14)3-4-10(9)15/h3-4,7,12,14-15H,2,5-6H2,1H3,(H,13,16). The number of phenols is 2. The summed E-state index contributed by atoms with van der Waals surface area (Å²) in [6, 6.07) is 3.85. The van der Waals surface area contributed by atoms with Crippen LogP contribution in [0.25, 0.3) is 0 Å². The van der Waals surface area contributed by atoms with Gasteiger partial charge in [0.2, 0.25) is 0 Å². The Bertz CT molecular complexity index is 366. The lowest BCUT2D eigenvalue weighted by molar-refractivity contribution is 0.0950. The Morgan fingerprint density at radius 1 is 1.31 bits per heavy atom. The summed E-state index contributed by atoms with van der Waals surface area (Å²) in [5, 5.41) is 24.2. The Morgan fingerprint density at radius 3 is 2.75 bits per heavy atom. The summed E-state index contributed by atoms with van der Waals surface area (Å²) in [7, 11) is 1.84. The Kier molecular flexibility index (Phi) is 4.60. The van der Waals surface area contributed by atoms with E-state index in [9.17, 15) is 15.0 Å². The third-order valence-corrected chi connectivity index (χ3v) is 2.11. The molecular weight excluding hydrogens is 208 g/mol. The molecule has 0 spiro atoms. The van der Waals surface area contributed by atoms with Crippen molar-refractivity contribution in [3.63, 3.8) is 0 Å². The van der Waals surface area contributed by atoms with E-state index < -0.39 is 0 Å². The summed E-state index contributed by atoms with van der Waals surface area (Å²) in [4.78, 5) is 11.6. The summed E-state index contributed by atoms with van der Waals surface area (Å²) in [6.07, 6.45) is 0.807. The molecule has 0 fully saturated rings. The molecule has 0 aromatic heterocycles. The molecule has 0 radical (unpaired) electrons. The molecule has 16 heavy (non-hydrogen) atoms. The summed E-state index contributed by atoms with van der Waals surface area (Å²) in [6.45, 7) is 1.33. The smallest absolute Gasteiger partial charge is 0.255 e. The second-order valence-corrected chi connectivity index (χ2v) is 3.41. The Hall–Kier alpha value is -1.75. The minimum absolute atomic E-state index is 0.0434. The van der Waals surface area contributed by atoms with Crippen molar-refractivity contribution in [2.75, 3.05) is 20.1 Å². The molecule has 88 valence electrons. The number of nitrogens with one attached hydrogen (secondary N) is 2. The maximum atomic E-state index is 11.6. The fraction of sp³-hybridized carbons (Fsp3) is 0.364. The monoisotopic (exact) mass is 224 g/mol. The first-order valence-corrected chi connectivity index (χ1v) is 5.10. The van der Waals surface area contributed by atoms with Crippen LogP contribution in [0.3, 0.4) is 0 Å². The van der Waals surface area contributed by atoms with Gasteiger partial charge in [0.1, 0.15) is 11.5 Å². The Morgan fingerprint density at radius 2 is 2.06 bits per heavy atom. The lowest BCUT2D eigenvalue weighted by Gasteiger charge is -2.06. The molecule has 0 saturated carbocycles. The predicted octanol–water partition coefficient (Wildman–Crippen LogP) is 0.437. The molecule has 4 N–H and O–H groups in total. The summed E-state index contributed by atoms with van der Waals surface area (Å²) < 4.78 is 0. The number of carbonyl (C=O) groups is 1. The van der Waals surface area contributed by atoms with E-state index in [0.717, 1.165) is 13.0 Å². The van der Waals surface area contributed by atoms with E-state index in [1.807, 2.05) is 7.05 Å². The van der Waals surface area contributed by atoms with Crippen LogP contribution in [-0.4, -0.2) is 36.3 Å². The number of hydrogen-bond acceptors (Lipinski definition) is 4. The zero-order chi connectivity index (χ0) is 12.0. The average molecular weight is 224 g/mol. The summed E-state index contributed by atoms with van der Waals surface area (Å²) in [5.74, 6) is -0.563. The van der Waals surface area contributed by atoms with Gasteiger partial charge in [0.05, 0.1) is 5.56 Å². The SMILES string of the molecule is CNCCCNC(=O)c1cc(O)ccc1O. The number of rotatable bonds is 5. The largest absolute Gasteiger partial charge is 0.508 e. The van der Waals surface area contributed by atoms with Crippen LogP contribution in [0.2, 0.25) is 0 Å². The molecule has 1 amide bonds. The number of aromatic hydroxyl groups is 2. The van der Waals surface area contributed by atoms with Crippen LogP contribution in [0, 0.1) is 0 Å². The average Bonchev–Trinajstić information content (AvgIpc) is 2.27. The molecule has 0 saturated heterocycles. The maximum absolute atomic E-state index is 11.6. The third-order valence-electron chi connectivity index (χ3n) is 2.11. The predicted molar refractivity (Wildman–Crippen MR) is 60.6 cm³/mol. The molecule has 0 heterocycles. The number of amides is 1. The molecule has 0 atom stereocenters. The first kappa shape index (κ1) is 12.3. The first-order chi connectivity index (χ1) is 7.65. The van der Waals surface area contributed by atoms with Gasteiger partial charge in [-0.15, -0.1) is 0 Å². The van der Waals surface area contributed by atoms with Gasteiger partial charge in [-0.05, 0) is 38.2 Å². The van der Waals surface area contributed by atoms with E-state index in [1.165, 1.54) is 18.2 Å². The second-order valence-electron chi connectivity index (χ2n) is 3.41. The quantitative estimate of drug-likeness (QED) is 0.432. The van der Waals surface area contributed by atoms with Crippen molar-refractivity contribution in [1.82, 2.24) is 10.6 Å². The highest BCUT2D eigenvalue weighted by Gasteiger charge is 2.10. The van der Waals surface area contributed by atoms with Crippen LogP contribution in [-0.2, 0) is 0 Å². The molecule has 0 bridgehead atoms. The molecule has 0 aliphatic carbocycles. The van der Waals surface area contributed by atoms with Gasteiger partial charge in [-0.1, -0.05) is 0 Å². The van der Waals surface area contributed by atoms with E-state index in [0.29, 0.717) is 6.54 Å². The third kappa shape index (κ3) is 3.43. The van der Waals surface area contributed by atoms with Gasteiger partial charge in [-0.25, -0.2) is 0 Å². The molecule has 1 aromatic rings. The highest BCUT2D eigenvalue weighted by Crippen LogP contribution is 2.21. The second kappa shape index (κ2) is 5.97. The number of carbonyl (C=O) groups excluding carboxylic acids is 1. The van der Waals surface area contributed by atoms with Gasteiger partial charge in [-0.3, -0.25) is 4.79 Å². The van der Waals surface area contributed by atoms with Crippen LogP contribution in [0.5, 0.6) is 11.5 Å². The topological polar surface area (TPSA) is 81.6 Å². The van der Waals surface area contributed by atoms with Crippen molar-refractivity contribution < 1.29 is 15.0 Å². The number of phenolic OH excluding ortho intramolecular Hbond substituents is 2. The van der Waals surface area contributed by atoms with Crippen molar-refractivity contribution >= 4 is 5.91 Å². The van der Waals surface area contributed by atoms with E-state index in [-0.39, 0.29) is 23.0 Å². The Labute approximate surface area is 94.1 Å². The van der Waals surface area contributed by atoms with Gasteiger partial charge in [0.25, 0.3) is 5.91 Å². The van der Waals surface area contributed by atoms with Crippen LogP contribution in [0.4, 0.5) is 0 Å². The lowest BCUT2D eigenvalue weighted by Crippen LogP contribution is -2.26. The van der Waals surface area contributed by atoms with Gasteiger partial charge in [-0.2, -0.15) is 0 Å². The molecule has 1 rings (SSSR count). The van der Waals surface area contributed by atoms with Crippen LogP contribution in [0.15, 0.2) is 18.2 Å². The van der Waals surface area contributed by atoms with E-state index in [1.54, 1.807) is 0 Å². The molecular formula is C11H16N2O3. The highest BCUT2D eigenvalue weighted by molar-refractivity contribution is 5.97. The molecule has 5 heteroatoms. The minimum atomic E-state index is -0.385. The Balaban J connectivity index is 2.55. The first-order valence-electron chi connectivity index (χ1n) is 5.10. The molecule has 0 aliphatic heterocycles. The van der Waals surface area contributed by atoms with Gasteiger partial charge in [0, 0.05) is 6.54 Å². The van der Waals surface area contributed by atoms with Gasteiger partial charge < -0.3 is 20.8 Å². The van der Waals surface area contributed by atoms with Gasteiger partial charge in [0.15, 0.2) is 0 Å². The minimum Gasteiger partial charge on any atom is -0.508 e. The number of hydrogen-bond donors (Lipinski definition) is 4. The highest BCUT2D eigenvalue weighted by atomic mass is 16.3. The fourth-order valence-corrected chi connectivity index (χ4v) is 1.27. The fourth-order valence-electron chi connectivity index (χ4n) is 1.27. The summed E-state index contributed by atoms with van der Waals surface area (Å²) in [5.41, 5.74) is 0.0875. The van der Waals surface area contributed by atoms with Crippen molar-refractivity contribution in [1.29, 1.82) is 0 Å². The molecule has 0 aliphatic rings. The number of benzene rings is 1. The zero-order valence-electron chi connectivity index (χ0n) is 9.16. The summed E-state index contributed by atoms with van der Waals surface area (Å²) >= 11 is 0. The van der Waals surface area contributed by atoms with Crippen LogP contribution in [0.1, 0.15) is 16.8 Å². The van der Waals surface area contributed by atoms with Crippen LogP contribution < -0.4 is 10.6 Å². The van der Waals surface area contributed by atoms with Crippen molar-refractivity contribution in [2.45, 2.75) is 6.42 Å². The van der Waals surface area contributed by atoms with Crippen molar-refractivity contribution in [3.05, 3.63) is 23.8 Å². The van der Waals surface area contributed by atoms with E-state index in [2.05, 4.69) is 10.6 Å². The molecule has 5 nitrogen and oxygen atoms in total. The van der Waals surface area contributed by atoms with E-state index in [4.69, 9.17) is 0 Å². The van der Waals surface area contributed by atoms with E-state index >= 15 is 0 Å². The molecule has 1 aromatic carbocycles. The van der Waals surface area contributed by atoms with Crippen LogP contribution >= 0.6 is 0 Å². The van der Waals surface area contributed by atoms with Crippen molar-refractivity contribution in [3.8, 4) is 11.5 Å². The van der Waals surface area contributed by atoms with Gasteiger partial charge >= 0.3 is 0 Å².